The number of carbonyl (C=O) groups excluding carboxylic acids is 13. The second-order valence-corrected chi connectivity index (χ2v) is 31.6. The highest BCUT2D eigenvalue weighted by Gasteiger charge is 2.45. The van der Waals surface area contributed by atoms with Crippen LogP contribution in [0.15, 0.2) is 103 Å². The molecule has 122 heavy (non-hydrogen) atoms. The van der Waals surface area contributed by atoms with Crippen molar-refractivity contribution in [1.82, 2.24) is 73.3 Å². The minimum Gasteiger partial charge on any atom is -0.508 e. The van der Waals surface area contributed by atoms with Crippen LogP contribution in [-0.2, 0) is 102 Å². The SMILES string of the molecule is CC(C)C[C@H](NC(=O)[C@H](Cc1ccc(O)cc1)NC(=O)[C@@H]1CCCN1C(=O)[C@@H](NC(=O)[C@H](CC(=O)O)NC(=O)[C@@H]1CCCN1C(=O)[C@H](CS)NC(=O)[C@H](CS)NC(=O)[C@@H](NC(=O)[C@H](Cc1ccc(O)cc1)NC(=O)[C@H](Cc1ccc(O)cc1)NC(=O)[C@@H](NC(=O)[C@@H](N)Cc1c[nH]c2ccccc12)C(C)C)[C@@H](C)O)[C@@H](C)O)C(=O)N[C@@H](CC(=O)O)C(=O)O. The summed E-state index contributed by atoms with van der Waals surface area (Å²) in [5, 5.41) is 109. The molecule has 1 aromatic heterocycles. The molecule has 22 N–H and O–H groups in total. The Hall–Kier alpha value is -12.1. The number of fused-ring (bicyclic) bond motifs is 1. The summed E-state index contributed by atoms with van der Waals surface area (Å²) in [6.07, 6.45) is -4.70. The summed E-state index contributed by atoms with van der Waals surface area (Å²) in [5.74, 6) is -20.4. The number of rotatable bonds is 44. The number of aliphatic hydroxyl groups is 2. The van der Waals surface area contributed by atoms with Crippen molar-refractivity contribution in [3.05, 3.63) is 126 Å². The normalized spacial score (nSPS) is 17.3. The number of thiol groups is 2. The highest BCUT2D eigenvalue weighted by atomic mass is 32.1. The molecule has 16 atom stereocenters. The third kappa shape index (κ3) is 28.0. The number of carboxylic acids is 3. The van der Waals surface area contributed by atoms with Crippen molar-refractivity contribution in [3.63, 3.8) is 0 Å². The smallest absolute Gasteiger partial charge is 0.326 e. The number of carbonyl (C=O) groups is 16. The van der Waals surface area contributed by atoms with E-state index in [4.69, 9.17) is 5.73 Å². The molecule has 0 saturated carbocycles. The second kappa shape index (κ2) is 45.5. The molecule has 2 saturated heterocycles. The molecular formula is C81H107N15O24S2. The molecule has 2 fully saturated rings. The lowest BCUT2D eigenvalue weighted by molar-refractivity contribution is -0.147. The minimum absolute atomic E-state index is 0.0521. The topological polar surface area (TPSA) is 616 Å². The molecule has 2 aliphatic heterocycles. The summed E-state index contributed by atoms with van der Waals surface area (Å²) >= 11 is 8.55. The number of nitrogens with two attached hydrogens (primary N) is 1. The fraction of sp³-hybridized carbons (Fsp3) is 0.481. The van der Waals surface area contributed by atoms with E-state index in [2.05, 4.69) is 88.7 Å². The molecule has 5 aromatic rings. The fourth-order valence-corrected chi connectivity index (χ4v) is 14.4. The fourth-order valence-electron chi connectivity index (χ4n) is 13.9. The quantitative estimate of drug-likeness (QED) is 0.0180. The number of aliphatic carboxylic acids is 3. The summed E-state index contributed by atoms with van der Waals surface area (Å²) < 4.78 is 0. The highest BCUT2D eigenvalue weighted by molar-refractivity contribution is 7.80. The van der Waals surface area contributed by atoms with Gasteiger partial charge in [0.15, 0.2) is 0 Å². The van der Waals surface area contributed by atoms with Gasteiger partial charge in [-0.25, -0.2) is 4.79 Å². The molecule has 39 nitrogen and oxygen atoms in total. The summed E-state index contributed by atoms with van der Waals surface area (Å²) in [4.78, 5) is 227. The second-order valence-electron chi connectivity index (χ2n) is 30.9. The van der Waals surface area contributed by atoms with E-state index in [0.717, 1.165) is 40.1 Å². The van der Waals surface area contributed by atoms with Crippen LogP contribution in [0.3, 0.4) is 0 Å². The maximum atomic E-state index is 14.8. The van der Waals surface area contributed by atoms with Gasteiger partial charge < -0.3 is 120 Å². The maximum absolute atomic E-state index is 14.8. The Labute approximate surface area is 712 Å². The number of para-hydroxylation sites is 1. The molecule has 0 spiro atoms. The van der Waals surface area contributed by atoms with Crippen molar-refractivity contribution >= 4 is 131 Å². The van der Waals surface area contributed by atoms with Crippen molar-refractivity contribution < 1.29 is 118 Å². The van der Waals surface area contributed by atoms with Crippen LogP contribution in [0.1, 0.15) is 109 Å². The molecular weight excluding hydrogens is 1630 g/mol. The zero-order valence-electron chi connectivity index (χ0n) is 67.8. The van der Waals surface area contributed by atoms with E-state index in [1.807, 2.05) is 24.3 Å². The number of aromatic amines is 1. The van der Waals surface area contributed by atoms with Gasteiger partial charge in [-0.15, -0.1) is 0 Å². The Bertz CT molecular complexity index is 4570. The highest BCUT2D eigenvalue weighted by Crippen LogP contribution is 2.25. The van der Waals surface area contributed by atoms with E-state index in [1.165, 1.54) is 72.8 Å². The Morgan fingerprint density at radius 3 is 1.27 bits per heavy atom. The van der Waals surface area contributed by atoms with Crippen molar-refractivity contribution in [2.75, 3.05) is 24.6 Å². The number of carboxylic acid groups (broad SMARTS) is 3. The number of H-pyrrole nitrogens is 1. The van der Waals surface area contributed by atoms with Crippen LogP contribution >= 0.6 is 25.3 Å². The molecule has 7 rings (SSSR count). The largest absolute Gasteiger partial charge is 0.508 e. The van der Waals surface area contributed by atoms with Crippen LogP contribution in [0.4, 0.5) is 0 Å². The van der Waals surface area contributed by atoms with Gasteiger partial charge in [-0.1, -0.05) is 82.3 Å². The number of phenols is 3. The van der Waals surface area contributed by atoms with E-state index in [-0.39, 0.29) is 94.0 Å². The van der Waals surface area contributed by atoms with Crippen LogP contribution in [0.25, 0.3) is 10.9 Å². The van der Waals surface area contributed by atoms with Gasteiger partial charge in [0.1, 0.15) is 95.8 Å². The first-order valence-corrected chi connectivity index (χ1v) is 40.8. The van der Waals surface area contributed by atoms with Crippen molar-refractivity contribution in [2.45, 2.75) is 209 Å². The number of phenolic OH excluding ortho intramolecular Hbond substituents is 3. The standard InChI is InChI=1S/C81H107N15O24S2/c1-39(2)29-53(69(107)89-58(81(119)120)35-64(104)105)84-70(108)54(30-43-15-21-47(99)22-16-43)86-76(114)62-14-10-28-96(62)80(118)67(42(6)98)94-73(111)57(34-63(102)103)87-75(113)61-13-9-27-95(61)79(117)60(38-122)91-74(112)59(37-121)90-78(116)66(41(5)97)93-72(110)56(32-45-19-25-49(101)26-20-45)85-71(109)55(31-44-17-23-48(100)24-18-44)88-77(115)65(40(3)4)92-68(106)51(82)33-46-36-83-52-12-8-7-11-50(46)52/h7-8,11-12,15-26,36,39-42,51,53-62,65-67,83,97-101,121-122H,9-10,13-14,27-35,37-38,82H2,1-6H3,(H,84,108)(H,85,109)(H,86,114)(H,87,113)(H,88,115)(H,89,107)(H,90,116)(H,91,112)(H,92,106)(H,93,110)(H,94,111)(H,102,103)(H,104,105)(H,119,120)/t41-,42-,51+,53+,54+,55+,56+,57+,58+,59+,60+,61+,62+,65+,66+,67+/m1/s1. The summed E-state index contributed by atoms with van der Waals surface area (Å²) in [6.45, 7) is 8.55. The zero-order valence-corrected chi connectivity index (χ0v) is 69.6. The van der Waals surface area contributed by atoms with E-state index in [1.54, 1.807) is 33.9 Å². The number of nitrogens with one attached hydrogen (secondary N) is 12. The Kier molecular flexibility index (Phi) is 36.2. The van der Waals surface area contributed by atoms with Crippen LogP contribution in [0, 0.1) is 11.8 Å². The lowest BCUT2D eigenvalue weighted by Crippen LogP contribution is -2.63. The number of amides is 13. The molecule has 0 unspecified atom stereocenters. The van der Waals surface area contributed by atoms with Crippen LogP contribution in [0.2, 0.25) is 0 Å². The molecule has 0 aliphatic carbocycles. The lowest BCUT2D eigenvalue weighted by atomic mass is 9.99. The van der Waals surface area contributed by atoms with Gasteiger partial charge in [-0.2, -0.15) is 25.3 Å². The third-order valence-electron chi connectivity index (χ3n) is 20.5. The number of likely N-dealkylation sites (tertiary alicyclic amines) is 2. The van der Waals surface area contributed by atoms with E-state index in [9.17, 15) is 118 Å². The van der Waals surface area contributed by atoms with Gasteiger partial charge in [0.05, 0.1) is 31.1 Å². The lowest BCUT2D eigenvalue weighted by Gasteiger charge is -2.32. The summed E-state index contributed by atoms with van der Waals surface area (Å²) in [5.41, 5.74) is 9.12. The molecule has 4 aromatic carbocycles. The Balaban J connectivity index is 1.01. The number of nitrogens with zero attached hydrogens (tertiary/aromatic N) is 2. The predicted octanol–water partition coefficient (Wildman–Crippen LogP) is -2.45. The molecule has 3 heterocycles. The minimum atomic E-state index is -2.02. The molecule has 0 radical (unpaired) electrons. The van der Waals surface area contributed by atoms with Crippen LogP contribution < -0.4 is 64.2 Å². The first-order chi connectivity index (χ1) is 57.7. The third-order valence-corrected chi connectivity index (χ3v) is 21.2. The van der Waals surface area contributed by atoms with E-state index in [0.29, 0.717) is 16.7 Å². The number of aromatic nitrogens is 1. The van der Waals surface area contributed by atoms with E-state index < -0.39 is 222 Å². The molecule has 0 bridgehead atoms. The van der Waals surface area contributed by atoms with Gasteiger partial charge >= 0.3 is 17.9 Å². The number of benzene rings is 4. The molecule has 2 aliphatic rings. The summed E-state index contributed by atoms with van der Waals surface area (Å²) in [7, 11) is 0. The maximum Gasteiger partial charge on any atom is 0.326 e. The Morgan fingerprint density at radius 1 is 0.426 bits per heavy atom. The first kappa shape index (κ1) is 97.0. The first-order valence-electron chi connectivity index (χ1n) is 39.5. The molecule has 41 heteroatoms. The average molecular weight is 1740 g/mol. The average Bonchev–Trinajstić information content (AvgIpc) is 1.59. The van der Waals surface area contributed by atoms with Crippen molar-refractivity contribution in [3.8, 4) is 17.2 Å². The predicted molar refractivity (Wildman–Crippen MR) is 444 cm³/mol. The van der Waals surface area contributed by atoms with Gasteiger partial charge in [0.2, 0.25) is 76.8 Å². The van der Waals surface area contributed by atoms with E-state index >= 15 is 0 Å². The van der Waals surface area contributed by atoms with Crippen LogP contribution in [0.5, 0.6) is 17.2 Å². The monoisotopic (exact) mass is 1740 g/mol. The van der Waals surface area contributed by atoms with Crippen molar-refractivity contribution in [2.24, 2.45) is 17.6 Å². The molecule has 13 amide bonds. The Morgan fingerprint density at radius 2 is 0.803 bits per heavy atom. The molecule has 662 valence electrons. The van der Waals surface area contributed by atoms with Crippen molar-refractivity contribution in [1.29, 1.82) is 0 Å². The number of aliphatic hydroxyl groups excluding tert-OH is 2. The summed E-state index contributed by atoms with van der Waals surface area (Å²) in [6, 6.07) is 1.45. The van der Waals surface area contributed by atoms with Crippen LogP contribution in [-0.4, -0.2) is 272 Å². The number of hydrogen-bond donors (Lipinski definition) is 23. The van der Waals surface area contributed by atoms with Gasteiger partial charge in [0.25, 0.3) is 0 Å². The van der Waals surface area contributed by atoms with Gasteiger partial charge in [-0.05, 0) is 129 Å². The zero-order chi connectivity index (χ0) is 90.1. The van der Waals surface area contributed by atoms with Gasteiger partial charge in [-0.3, -0.25) is 71.9 Å². The van der Waals surface area contributed by atoms with Gasteiger partial charge in [0, 0.05) is 61.0 Å². The number of aromatic hydroxyl groups is 3. The number of hydrogen-bond acceptors (Lipinski definition) is 24.